The van der Waals surface area contributed by atoms with Gasteiger partial charge < -0.3 is 4.57 Å². The summed E-state index contributed by atoms with van der Waals surface area (Å²) in [5, 5.41) is 8.86. The first-order chi connectivity index (χ1) is 8.29. The van der Waals surface area contributed by atoms with Crippen LogP contribution in [0.4, 0.5) is 0 Å². The smallest absolute Gasteiger partial charge is 0.0991 e. The van der Waals surface area contributed by atoms with Gasteiger partial charge in [0.15, 0.2) is 0 Å². The Kier molecular flexibility index (Phi) is 4.15. The molecule has 0 aliphatic heterocycles. The lowest BCUT2D eigenvalue weighted by atomic mass is 10.1. The Morgan fingerprint density at radius 2 is 2.29 bits per heavy atom. The topological polar surface area (TPSA) is 41.6 Å². The Hall–Kier alpha value is -1.35. The highest BCUT2D eigenvalue weighted by molar-refractivity contribution is 14.1. The summed E-state index contributed by atoms with van der Waals surface area (Å²) in [7, 11) is 0. The Morgan fingerprint density at radius 1 is 1.41 bits per heavy atom. The van der Waals surface area contributed by atoms with Crippen LogP contribution in [0.3, 0.4) is 0 Å². The van der Waals surface area contributed by atoms with Gasteiger partial charge in [0.1, 0.15) is 0 Å². The lowest BCUT2D eigenvalue weighted by Crippen LogP contribution is -1.98. The number of nitrogens with zero attached hydrogens (tertiary/aromatic N) is 3. The van der Waals surface area contributed by atoms with E-state index in [1.807, 2.05) is 30.7 Å². The third kappa shape index (κ3) is 3.30. The molecule has 0 radical (unpaired) electrons. The molecule has 4 heteroatoms. The van der Waals surface area contributed by atoms with Crippen molar-refractivity contribution in [3.8, 4) is 6.07 Å². The highest BCUT2D eigenvalue weighted by Gasteiger charge is 2.01. The second kappa shape index (κ2) is 5.82. The maximum atomic E-state index is 8.86. The monoisotopic (exact) mass is 337 g/mol. The highest BCUT2D eigenvalue weighted by Crippen LogP contribution is 2.16. The minimum absolute atomic E-state index is 0.739. The van der Waals surface area contributed by atoms with Gasteiger partial charge in [-0.25, -0.2) is 4.98 Å². The summed E-state index contributed by atoms with van der Waals surface area (Å²) in [6.45, 7) is 0.965. The van der Waals surface area contributed by atoms with Gasteiger partial charge in [0.2, 0.25) is 0 Å². The molecule has 0 saturated heterocycles. The van der Waals surface area contributed by atoms with Gasteiger partial charge in [-0.3, -0.25) is 0 Å². The van der Waals surface area contributed by atoms with E-state index in [2.05, 4.69) is 38.2 Å². The summed E-state index contributed by atoms with van der Waals surface area (Å²) in [6.07, 6.45) is 7.64. The highest BCUT2D eigenvalue weighted by atomic mass is 127. The molecule has 0 atom stereocenters. The first kappa shape index (κ1) is 12.1. The number of hydrogen-bond acceptors (Lipinski definition) is 2. The zero-order valence-corrected chi connectivity index (χ0v) is 11.5. The fourth-order valence-corrected chi connectivity index (χ4v) is 2.31. The van der Waals surface area contributed by atoms with Gasteiger partial charge in [-0.1, -0.05) is 0 Å². The summed E-state index contributed by atoms with van der Waals surface area (Å²) < 4.78 is 3.30. The van der Waals surface area contributed by atoms with Crippen LogP contribution < -0.4 is 0 Å². The van der Waals surface area contributed by atoms with Gasteiger partial charge in [0.25, 0.3) is 0 Å². The number of aromatic nitrogens is 2. The Labute approximate surface area is 114 Å². The van der Waals surface area contributed by atoms with Gasteiger partial charge in [0, 0.05) is 22.5 Å². The molecule has 2 aromatic rings. The van der Waals surface area contributed by atoms with Gasteiger partial charge >= 0.3 is 0 Å². The minimum Gasteiger partial charge on any atom is -0.337 e. The molecule has 3 nitrogen and oxygen atoms in total. The molecule has 1 heterocycles. The number of hydrogen-bond donors (Lipinski definition) is 0. The summed E-state index contributed by atoms with van der Waals surface area (Å²) in [5.74, 6) is 0. The average Bonchev–Trinajstić information content (AvgIpc) is 2.84. The molecule has 0 N–H and O–H groups in total. The van der Waals surface area contributed by atoms with Gasteiger partial charge in [-0.05, 0) is 59.2 Å². The number of aryl methyl sites for hydroxylation is 2. The standard InChI is InChI=1S/C13H12IN3/c14-13-4-3-11(9-15)8-12(13)2-1-6-17-7-5-16-10-17/h3-5,7-8,10H,1-2,6H2. The van der Waals surface area contributed by atoms with Crippen molar-refractivity contribution in [3.63, 3.8) is 0 Å². The van der Waals surface area contributed by atoms with Crippen LogP contribution in [0.15, 0.2) is 36.9 Å². The van der Waals surface area contributed by atoms with Crippen molar-refractivity contribution < 1.29 is 0 Å². The van der Waals surface area contributed by atoms with Crippen LogP contribution in [0.25, 0.3) is 0 Å². The third-order valence-corrected chi connectivity index (χ3v) is 3.65. The van der Waals surface area contributed by atoms with Crippen molar-refractivity contribution in [1.29, 1.82) is 5.26 Å². The number of nitriles is 1. The van der Waals surface area contributed by atoms with Crippen molar-refractivity contribution in [3.05, 3.63) is 51.6 Å². The largest absolute Gasteiger partial charge is 0.337 e. The number of imidazole rings is 1. The van der Waals surface area contributed by atoms with Crippen molar-refractivity contribution in [2.45, 2.75) is 19.4 Å². The molecular formula is C13H12IN3. The molecule has 0 fully saturated rings. The number of rotatable bonds is 4. The molecule has 1 aromatic heterocycles. The van der Waals surface area contributed by atoms with Crippen LogP contribution in [-0.4, -0.2) is 9.55 Å². The molecule has 0 bridgehead atoms. The van der Waals surface area contributed by atoms with Crippen molar-refractivity contribution in [2.75, 3.05) is 0 Å². The zero-order chi connectivity index (χ0) is 12.1. The molecule has 0 spiro atoms. The summed E-state index contributed by atoms with van der Waals surface area (Å²) in [6, 6.07) is 8.03. The summed E-state index contributed by atoms with van der Waals surface area (Å²) in [4.78, 5) is 4.01. The van der Waals surface area contributed by atoms with E-state index in [0.29, 0.717) is 0 Å². The zero-order valence-electron chi connectivity index (χ0n) is 9.31. The van der Waals surface area contributed by atoms with E-state index in [-0.39, 0.29) is 0 Å². The fraction of sp³-hybridized carbons (Fsp3) is 0.231. The van der Waals surface area contributed by atoms with Crippen LogP contribution in [0.5, 0.6) is 0 Å². The van der Waals surface area contributed by atoms with Crippen molar-refractivity contribution >= 4 is 22.6 Å². The van der Waals surface area contributed by atoms with Gasteiger partial charge in [-0.2, -0.15) is 5.26 Å². The maximum Gasteiger partial charge on any atom is 0.0991 e. The third-order valence-electron chi connectivity index (χ3n) is 2.60. The molecule has 2 rings (SSSR count). The van der Waals surface area contributed by atoms with Crippen LogP contribution in [0, 0.1) is 14.9 Å². The molecule has 0 aliphatic rings. The van der Waals surface area contributed by atoms with E-state index in [4.69, 9.17) is 5.26 Å². The molecule has 0 amide bonds. The second-order valence-electron chi connectivity index (χ2n) is 3.82. The van der Waals surface area contributed by atoms with Crippen LogP contribution >= 0.6 is 22.6 Å². The molecule has 0 unspecified atom stereocenters. The second-order valence-corrected chi connectivity index (χ2v) is 4.98. The van der Waals surface area contributed by atoms with Crippen molar-refractivity contribution in [1.82, 2.24) is 9.55 Å². The normalized spacial score (nSPS) is 10.1. The molecule has 0 aliphatic carbocycles. The summed E-state index contributed by atoms with van der Waals surface area (Å²) in [5.41, 5.74) is 1.99. The van der Waals surface area contributed by atoms with Crippen LogP contribution in [0.1, 0.15) is 17.5 Å². The van der Waals surface area contributed by atoms with Crippen LogP contribution in [-0.2, 0) is 13.0 Å². The SMILES string of the molecule is N#Cc1ccc(I)c(CCCn2ccnc2)c1. The first-order valence-electron chi connectivity index (χ1n) is 5.44. The molecule has 17 heavy (non-hydrogen) atoms. The van der Waals surface area contributed by atoms with Gasteiger partial charge in [0.05, 0.1) is 18.0 Å². The van der Waals surface area contributed by atoms with Crippen molar-refractivity contribution in [2.24, 2.45) is 0 Å². The minimum atomic E-state index is 0.739. The van der Waals surface area contributed by atoms with E-state index in [1.54, 1.807) is 6.20 Å². The fourth-order valence-electron chi connectivity index (χ4n) is 1.71. The quantitative estimate of drug-likeness (QED) is 0.805. The number of benzene rings is 1. The summed E-state index contributed by atoms with van der Waals surface area (Å²) >= 11 is 2.32. The first-order valence-corrected chi connectivity index (χ1v) is 6.52. The molecule has 0 saturated carbocycles. The molecule has 86 valence electrons. The number of halogens is 1. The Morgan fingerprint density at radius 3 is 3.00 bits per heavy atom. The average molecular weight is 337 g/mol. The van der Waals surface area contributed by atoms with E-state index in [1.165, 1.54) is 9.13 Å². The Bertz CT molecular complexity index is 526. The maximum absolute atomic E-state index is 8.86. The predicted molar refractivity (Wildman–Crippen MR) is 74.4 cm³/mol. The predicted octanol–water partition coefficient (Wildman–Crippen LogP) is 2.99. The lowest BCUT2D eigenvalue weighted by Gasteiger charge is -2.05. The van der Waals surface area contributed by atoms with E-state index < -0.39 is 0 Å². The molecule has 1 aromatic carbocycles. The van der Waals surface area contributed by atoms with E-state index in [0.717, 1.165) is 24.9 Å². The van der Waals surface area contributed by atoms with E-state index >= 15 is 0 Å². The molecular weight excluding hydrogens is 325 g/mol. The lowest BCUT2D eigenvalue weighted by molar-refractivity contribution is 0.641. The van der Waals surface area contributed by atoms with Crippen LogP contribution in [0.2, 0.25) is 0 Å². The Balaban J connectivity index is 1.97. The van der Waals surface area contributed by atoms with Gasteiger partial charge in [-0.15, -0.1) is 0 Å². The van der Waals surface area contributed by atoms with E-state index in [9.17, 15) is 0 Å².